The van der Waals surface area contributed by atoms with E-state index in [2.05, 4.69) is 17.9 Å². The molecule has 0 radical (unpaired) electrons. The van der Waals surface area contributed by atoms with Gasteiger partial charge in [-0.25, -0.2) is 0 Å². The van der Waals surface area contributed by atoms with Crippen LogP contribution in [0.25, 0.3) is 0 Å². The first kappa shape index (κ1) is 12.4. The number of methoxy groups -OCH3 is 1. The van der Waals surface area contributed by atoms with Gasteiger partial charge >= 0.3 is 0 Å². The molecule has 5 heteroatoms. The standard InChI is InChI=1S/C11H15N3O.H2O/c1-3-9-8-14(13-12-9)10-4-6-11(15-2)7-5-10;/h4-8,12-13H,3H2,1-2H3;1H2. The van der Waals surface area contributed by atoms with Crippen molar-refractivity contribution in [2.45, 2.75) is 13.3 Å². The minimum atomic E-state index is 0. The molecule has 1 aliphatic rings. The molecule has 1 aromatic rings. The Hall–Kier alpha value is -1.72. The Kier molecular flexibility index (Phi) is 4.16. The fraction of sp³-hybridized carbons (Fsp3) is 0.273. The third kappa shape index (κ3) is 2.44. The first-order valence-electron chi connectivity index (χ1n) is 4.99. The number of ether oxygens (including phenoxy) is 1. The fourth-order valence-electron chi connectivity index (χ4n) is 1.41. The van der Waals surface area contributed by atoms with Crippen LogP contribution < -0.4 is 20.7 Å². The number of hydrazine groups is 2. The van der Waals surface area contributed by atoms with Gasteiger partial charge in [0.25, 0.3) is 0 Å². The summed E-state index contributed by atoms with van der Waals surface area (Å²) in [6.07, 6.45) is 3.03. The zero-order valence-electron chi connectivity index (χ0n) is 9.45. The Bertz CT molecular complexity index is 362. The Morgan fingerprint density at radius 1 is 1.25 bits per heavy atom. The van der Waals surface area contributed by atoms with Crippen molar-refractivity contribution in [3.8, 4) is 5.75 Å². The summed E-state index contributed by atoms with van der Waals surface area (Å²) < 4.78 is 5.10. The number of benzene rings is 1. The lowest BCUT2D eigenvalue weighted by Gasteiger charge is -2.15. The molecule has 16 heavy (non-hydrogen) atoms. The predicted molar refractivity (Wildman–Crippen MR) is 63.7 cm³/mol. The molecule has 0 aliphatic carbocycles. The second-order valence-corrected chi connectivity index (χ2v) is 3.31. The Morgan fingerprint density at radius 3 is 2.44 bits per heavy atom. The van der Waals surface area contributed by atoms with E-state index in [1.54, 1.807) is 7.11 Å². The molecule has 0 amide bonds. The van der Waals surface area contributed by atoms with Gasteiger partial charge in [0, 0.05) is 11.9 Å². The number of allylic oxidation sites excluding steroid dienone is 1. The van der Waals surface area contributed by atoms with Crippen molar-refractivity contribution in [2.75, 3.05) is 12.1 Å². The molecule has 88 valence electrons. The fourth-order valence-corrected chi connectivity index (χ4v) is 1.41. The van der Waals surface area contributed by atoms with Gasteiger partial charge < -0.3 is 15.6 Å². The average Bonchev–Trinajstić information content (AvgIpc) is 2.78. The van der Waals surface area contributed by atoms with Gasteiger partial charge in [0.2, 0.25) is 0 Å². The van der Waals surface area contributed by atoms with E-state index in [1.165, 1.54) is 5.70 Å². The third-order valence-electron chi connectivity index (χ3n) is 2.35. The Morgan fingerprint density at radius 2 is 1.94 bits per heavy atom. The second-order valence-electron chi connectivity index (χ2n) is 3.31. The molecule has 0 spiro atoms. The van der Waals surface area contributed by atoms with Crippen LogP contribution in [0.3, 0.4) is 0 Å². The minimum absolute atomic E-state index is 0. The van der Waals surface area contributed by atoms with E-state index >= 15 is 0 Å². The Labute approximate surface area is 95.0 Å². The highest BCUT2D eigenvalue weighted by Crippen LogP contribution is 2.20. The second kappa shape index (κ2) is 5.39. The zero-order valence-corrected chi connectivity index (χ0v) is 9.45. The van der Waals surface area contributed by atoms with E-state index in [-0.39, 0.29) is 5.48 Å². The van der Waals surface area contributed by atoms with Crippen molar-refractivity contribution < 1.29 is 10.2 Å². The number of nitrogens with zero attached hydrogens (tertiary/aromatic N) is 1. The van der Waals surface area contributed by atoms with E-state index in [0.29, 0.717) is 0 Å². The molecule has 1 aromatic carbocycles. The van der Waals surface area contributed by atoms with E-state index in [9.17, 15) is 0 Å². The molecule has 2 rings (SSSR count). The molecule has 4 N–H and O–H groups in total. The lowest BCUT2D eigenvalue weighted by atomic mass is 10.3. The molecule has 0 bridgehead atoms. The van der Waals surface area contributed by atoms with Gasteiger partial charge in [-0.2, -0.15) is 0 Å². The maximum atomic E-state index is 5.10. The van der Waals surface area contributed by atoms with Crippen molar-refractivity contribution >= 4 is 5.69 Å². The van der Waals surface area contributed by atoms with Crippen LogP contribution in [0.15, 0.2) is 36.2 Å². The molecule has 0 aromatic heterocycles. The molecule has 5 nitrogen and oxygen atoms in total. The molecular weight excluding hydrogens is 206 g/mol. The lowest BCUT2D eigenvalue weighted by Crippen LogP contribution is -2.36. The first-order chi connectivity index (χ1) is 7.33. The van der Waals surface area contributed by atoms with Gasteiger partial charge in [-0.15, -0.1) is 5.53 Å². The van der Waals surface area contributed by atoms with E-state index in [0.717, 1.165) is 17.9 Å². The van der Waals surface area contributed by atoms with E-state index in [4.69, 9.17) is 4.74 Å². The highest BCUT2D eigenvalue weighted by Gasteiger charge is 2.10. The van der Waals surface area contributed by atoms with Gasteiger partial charge in [-0.3, -0.25) is 5.01 Å². The average molecular weight is 223 g/mol. The van der Waals surface area contributed by atoms with Crippen LogP contribution in [-0.2, 0) is 0 Å². The monoisotopic (exact) mass is 223 g/mol. The van der Waals surface area contributed by atoms with Crippen LogP contribution in [0.1, 0.15) is 13.3 Å². The number of anilines is 1. The summed E-state index contributed by atoms with van der Waals surface area (Å²) in [4.78, 5) is 0. The molecule has 0 saturated heterocycles. The first-order valence-corrected chi connectivity index (χ1v) is 4.99. The van der Waals surface area contributed by atoms with Crippen LogP contribution in [-0.4, -0.2) is 12.6 Å². The summed E-state index contributed by atoms with van der Waals surface area (Å²) in [5.74, 6) is 0.866. The molecule has 0 unspecified atom stereocenters. The number of rotatable bonds is 3. The quantitative estimate of drug-likeness (QED) is 0.800. The van der Waals surface area contributed by atoms with Crippen molar-refractivity contribution in [2.24, 2.45) is 0 Å². The summed E-state index contributed by atoms with van der Waals surface area (Å²) in [5.41, 5.74) is 8.40. The van der Waals surface area contributed by atoms with Crippen molar-refractivity contribution in [1.29, 1.82) is 0 Å². The molecule has 0 atom stereocenters. The number of nitrogens with one attached hydrogen (secondary N) is 2. The Balaban J connectivity index is 0.00000128. The SMILES string of the molecule is CCC1=CN(c2ccc(OC)cc2)NN1.O. The topological polar surface area (TPSA) is 68.0 Å². The van der Waals surface area contributed by atoms with Crippen molar-refractivity contribution in [1.82, 2.24) is 11.0 Å². The lowest BCUT2D eigenvalue weighted by molar-refractivity contribution is 0.415. The molecule has 1 aliphatic heterocycles. The van der Waals surface area contributed by atoms with Crippen LogP contribution in [0.4, 0.5) is 5.69 Å². The van der Waals surface area contributed by atoms with Crippen LogP contribution >= 0.6 is 0 Å². The van der Waals surface area contributed by atoms with E-state index < -0.39 is 0 Å². The van der Waals surface area contributed by atoms with Gasteiger partial charge in [0.1, 0.15) is 5.75 Å². The highest BCUT2D eigenvalue weighted by atomic mass is 16.5. The van der Waals surface area contributed by atoms with Crippen LogP contribution in [0.2, 0.25) is 0 Å². The summed E-state index contributed by atoms with van der Waals surface area (Å²) >= 11 is 0. The molecule has 0 saturated carbocycles. The number of hydrogen-bond donors (Lipinski definition) is 2. The predicted octanol–water partition coefficient (Wildman–Crippen LogP) is 0.951. The summed E-state index contributed by atoms with van der Waals surface area (Å²) in [6.45, 7) is 2.11. The van der Waals surface area contributed by atoms with Crippen molar-refractivity contribution in [3.05, 3.63) is 36.2 Å². The summed E-state index contributed by atoms with van der Waals surface area (Å²) in [6, 6.07) is 7.88. The van der Waals surface area contributed by atoms with Gasteiger partial charge in [-0.1, -0.05) is 6.92 Å². The number of hydrogen-bond acceptors (Lipinski definition) is 4. The molecule has 0 fully saturated rings. The third-order valence-corrected chi connectivity index (χ3v) is 2.35. The zero-order chi connectivity index (χ0) is 10.7. The molecule has 1 heterocycles. The van der Waals surface area contributed by atoms with Gasteiger partial charge in [0.15, 0.2) is 0 Å². The van der Waals surface area contributed by atoms with Crippen molar-refractivity contribution in [3.63, 3.8) is 0 Å². The molecular formula is C11H17N3O2. The minimum Gasteiger partial charge on any atom is -0.497 e. The van der Waals surface area contributed by atoms with Gasteiger partial charge in [0.05, 0.1) is 12.8 Å². The largest absolute Gasteiger partial charge is 0.497 e. The van der Waals surface area contributed by atoms with E-state index in [1.807, 2.05) is 35.5 Å². The smallest absolute Gasteiger partial charge is 0.119 e. The van der Waals surface area contributed by atoms with Gasteiger partial charge in [-0.05, 0) is 30.7 Å². The normalized spacial score (nSPS) is 13.9. The summed E-state index contributed by atoms with van der Waals surface area (Å²) in [5, 5.41) is 1.94. The maximum absolute atomic E-state index is 5.10. The van der Waals surface area contributed by atoms with Crippen LogP contribution in [0.5, 0.6) is 5.75 Å². The maximum Gasteiger partial charge on any atom is 0.119 e. The van der Waals surface area contributed by atoms with Crippen LogP contribution in [0, 0.1) is 0 Å². The summed E-state index contributed by atoms with van der Waals surface area (Å²) in [7, 11) is 1.67. The highest BCUT2D eigenvalue weighted by molar-refractivity contribution is 5.51.